The molecule has 1 saturated heterocycles. The molecular weight excluding hydrogens is 310 g/mol. The average Bonchev–Trinajstić information content (AvgIpc) is 3.21. The number of rotatable bonds is 5. The zero-order chi connectivity index (χ0) is 17.1. The van der Waals surface area contributed by atoms with Crippen molar-refractivity contribution >= 4 is 23.0 Å². The second-order valence-corrected chi connectivity index (χ2v) is 5.48. The van der Waals surface area contributed by atoms with Gasteiger partial charge in [0.2, 0.25) is 11.8 Å². The number of nitrogens with zero attached hydrogens (tertiary/aromatic N) is 3. The highest BCUT2D eigenvalue weighted by Crippen LogP contribution is 2.20. The van der Waals surface area contributed by atoms with Gasteiger partial charge in [-0.25, -0.2) is 9.97 Å². The number of hydrogen-bond acceptors (Lipinski definition) is 5. The lowest BCUT2D eigenvalue weighted by Gasteiger charge is -2.15. The summed E-state index contributed by atoms with van der Waals surface area (Å²) in [6, 6.07) is 0. The Morgan fingerprint density at radius 3 is 3.17 bits per heavy atom. The number of hydrogen-bond donors (Lipinski definition) is 2. The standard InChI is InChI=1S/C16H19N5O3/c1-3-13(22)21-6-5-10(9-21)24-12-8-19-15-14(20-12)11(7-18-15)16(23)17-4-2/h3,7-8,10H,1,4-6,9H2,2H3,(H,17,23)(H,18,19)/t10-/m1/s1. The molecule has 126 valence electrons. The molecule has 0 radical (unpaired) electrons. The van der Waals surface area contributed by atoms with Gasteiger partial charge in [-0.15, -0.1) is 0 Å². The Kier molecular flexibility index (Phi) is 4.45. The highest BCUT2D eigenvalue weighted by Gasteiger charge is 2.27. The van der Waals surface area contributed by atoms with E-state index < -0.39 is 0 Å². The summed E-state index contributed by atoms with van der Waals surface area (Å²) < 4.78 is 5.83. The minimum absolute atomic E-state index is 0.105. The smallest absolute Gasteiger partial charge is 0.255 e. The van der Waals surface area contributed by atoms with Crippen molar-refractivity contribution in [3.05, 3.63) is 30.6 Å². The van der Waals surface area contributed by atoms with Gasteiger partial charge in [-0.3, -0.25) is 9.59 Å². The Hall–Kier alpha value is -2.90. The van der Waals surface area contributed by atoms with Crippen molar-refractivity contribution < 1.29 is 14.3 Å². The van der Waals surface area contributed by atoms with E-state index in [1.54, 1.807) is 11.1 Å². The van der Waals surface area contributed by atoms with Crippen LogP contribution in [-0.4, -0.2) is 57.4 Å². The van der Waals surface area contributed by atoms with Gasteiger partial charge in [-0.1, -0.05) is 6.58 Å². The first-order valence-electron chi connectivity index (χ1n) is 7.82. The van der Waals surface area contributed by atoms with Crippen LogP contribution >= 0.6 is 0 Å². The number of H-pyrrole nitrogens is 1. The van der Waals surface area contributed by atoms with E-state index in [0.717, 1.165) is 6.42 Å². The first-order chi connectivity index (χ1) is 11.6. The molecule has 1 aliphatic heterocycles. The summed E-state index contributed by atoms with van der Waals surface area (Å²) in [4.78, 5) is 36.9. The van der Waals surface area contributed by atoms with Crippen molar-refractivity contribution in [2.45, 2.75) is 19.4 Å². The molecule has 2 aromatic heterocycles. The molecule has 0 spiro atoms. The van der Waals surface area contributed by atoms with Crippen LogP contribution in [0.15, 0.2) is 25.0 Å². The summed E-state index contributed by atoms with van der Waals surface area (Å²) >= 11 is 0. The SMILES string of the molecule is C=CC(=O)N1CC[C@@H](Oc2cnc3[nH]cc(C(=O)NCC)c3n2)C1. The Morgan fingerprint density at radius 1 is 1.58 bits per heavy atom. The third-order valence-corrected chi connectivity index (χ3v) is 3.86. The first kappa shape index (κ1) is 16.0. The van der Waals surface area contributed by atoms with Crippen LogP contribution < -0.4 is 10.1 Å². The van der Waals surface area contributed by atoms with Crippen LogP contribution in [0.2, 0.25) is 0 Å². The number of nitrogens with one attached hydrogen (secondary N) is 2. The van der Waals surface area contributed by atoms with Crippen molar-refractivity contribution in [3.63, 3.8) is 0 Å². The number of ether oxygens (including phenoxy) is 1. The van der Waals surface area contributed by atoms with E-state index in [4.69, 9.17) is 4.74 Å². The monoisotopic (exact) mass is 329 g/mol. The fraction of sp³-hybridized carbons (Fsp3) is 0.375. The van der Waals surface area contributed by atoms with Crippen LogP contribution in [0.4, 0.5) is 0 Å². The molecule has 8 heteroatoms. The maximum absolute atomic E-state index is 12.0. The average molecular weight is 329 g/mol. The van der Waals surface area contributed by atoms with Crippen molar-refractivity contribution in [3.8, 4) is 5.88 Å². The molecule has 8 nitrogen and oxygen atoms in total. The van der Waals surface area contributed by atoms with Gasteiger partial charge in [0.1, 0.15) is 11.6 Å². The molecule has 2 N–H and O–H groups in total. The molecule has 3 rings (SSSR count). The lowest BCUT2D eigenvalue weighted by atomic mass is 10.3. The summed E-state index contributed by atoms with van der Waals surface area (Å²) in [5, 5.41) is 2.74. The van der Waals surface area contributed by atoms with Gasteiger partial charge < -0.3 is 19.9 Å². The van der Waals surface area contributed by atoms with E-state index >= 15 is 0 Å². The van der Waals surface area contributed by atoms with E-state index in [1.807, 2.05) is 6.92 Å². The molecule has 24 heavy (non-hydrogen) atoms. The molecule has 0 bridgehead atoms. The number of amides is 2. The molecule has 2 aromatic rings. The summed E-state index contributed by atoms with van der Waals surface area (Å²) in [7, 11) is 0. The first-order valence-corrected chi connectivity index (χ1v) is 7.82. The van der Waals surface area contributed by atoms with Gasteiger partial charge in [0.15, 0.2) is 5.65 Å². The van der Waals surface area contributed by atoms with Crippen molar-refractivity contribution in [2.24, 2.45) is 0 Å². The minimum Gasteiger partial charge on any atom is -0.471 e. The second kappa shape index (κ2) is 6.69. The molecule has 0 aromatic carbocycles. The Bertz CT molecular complexity index is 785. The Balaban J connectivity index is 1.76. The number of fused-ring (bicyclic) bond motifs is 1. The molecular formula is C16H19N5O3. The second-order valence-electron chi connectivity index (χ2n) is 5.48. The number of carbonyl (C=O) groups excluding carboxylic acids is 2. The van der Waals surface area contributed by atoms with E-state index in [0.29, 0.717) is 42.2 Å². The summed E-state index contributed by atoms with van der Waals surface area (Å²) in [5.41, 5.74) is 1.42. The lowest BCUT2D eigenvalue weighted by molar-refractivity contribution is -0.125. The molecule has 1 aliphatic rings. The van der Waals surface area contributed by atoms with Crippen molar-refractivity contribution in [2.75, 3.05) is 19.6 Å². The normalized spacial score (nSPS) is 17.0. The third kappa shape index (κ3) is 3.08. The molecule has 1 fully saturated rings. The summed E-state index contributed by atoms with van der Waals surface area (Å²) in [6.07, 6.45) is 4.97. The van der Waals surface area contributed by atoms with E-state index in [1.165, 1.54) is 12.3 Å². The van der Waals surface area contributed by atoms with Gasteiger partial charge in [-0.2, -0.15) is 0 Å². The number of aromatic nitrogens is 3. The fourth-order valence-corrected chi connectivity index (χ4v) is 2.69. The van der Waals surface area contributed by atoms with Crippen molar-refractivity contribution in [1.29, 1.82) is 0 Å². The molecule has 1 atom stereocenters. The van der Waals surface area contributed by atoms with Crippen LogP contribution in [0.5, 0.6) is 5.88 Å². The van der Waals surface area contributed by atoms with Crippen LogP contribution in [-0.2, 0) is 4.79 Å². The van der Waals surface area contributed by atoms with Crippen LogP contribution in [0, 0.1) is 0 Å². The molecule has 0 unspecified atom stereocenters. The fourth-order valence-electron chi connectivity index (χ4n) is 2.69. The summed E-state index contributed by atoms with van der Waals surface area (Å²) in [6.45, 7) is 6.98. The van der Waals surface area contributed by atoms with Gasteiger partial charge in [0.05, 0.1) is 18.3 Å². The number of likely N-dealkylation sites (tertiary alicyclic amines) is 1. The van der Waals surface area contributed by atoms with Crippen LogP contribution in [0.3, 0.4) is 0 Å². The van der Waals surface area contributed by atoms with Crippen LogP contribution in [0.25, 0.3) is 11.2 Å². The van der Waals surface area contributed by atoms with Crippen molar-refractivity contribution in [1.82, 2.24) is 25.2 Å². The zero-order valence-electron chi connectivity index (χ0n) is 13.4. The summed E-state index contributed by atoms with van der Waals surface area (Å²) in [5.74, 6) is 0.0242. The maximum Gasteiger partial charge on any atom is 0.255 e. The Labute approximate surface area is 138 Å². The van der Waals surface area contributed by atoms with Crippen LogP contribution in [0.1, 0.15) is 23.7 Å². The topological polar surface area (TPSA) is 100 Å². The predicted molar refractivity (Wildman–Crippen MR) is 87.7 cm³/mol. The molecule has 0 aliphatic carbocycles. The maximum atomic E-state index is 12.0. The molecule has 2 amide bonds. The lowest BCUT2D eigenvalue weighted by Crippen LogP contribution is -2.29. The van der Waals surface area contributed by atoms with Gasteiger partial charge in [0, 0.05) is 25.7 Å². The highest BCUT2D eigenvalue weighted by atomic mass is 16.5. The van der Waals surface area contributed by atoms with Gasteiger partial charge >= 0.3 is 0 Å². The minimum atomic E-state index is -0.209. The van der Waals surface area contributed by atoms with Gasteiger partial charge in [-0.05, 0) is 13.0 Å². The molecule has 0 saturated carbocycles. The highest BCUT2D eigenvalue weighted by molar-refractivity contribution is 6.04. The van der Waals surface area contributed by atoms with Gasteiger partial charge in [0.25, 0.3) is 5.91 Å². The quantitative estimate of drug-likeness (QED) is 0.793. The zero-order valence-corrected chi connectivity index (χ0v) is 13.4. The third-order valence-electron chi connectivity index (χ3n) is 3.86. The van der Waals surface area contributed by atoms with E-state index in [9.17, 15) is 9.59 Å². The Morgan fingerprint density at radius 2 is 2.42 bits per heavy atom. The van der Waals surface area contributed by atoms with E-state index in [-0.39, 0.29) is 17.9 Å². The largest absolute Gasteiger partial charge is 0.471 e. The van der Waals surface area contributed by atoms with E-state index in [2.05, 4.69) is 26.8 Å². The number of aromatic amines is 1. The number of carbonyl (C=O) groups is 2. The predicted octanol–water partition coefficient (Wildman–Crippen LogP) is 0.873. The molecule has 3 heterocycles.